The van der Waals surface area contributed by atoms with E-state index in [1.165, 1.54) is 0 Å². The number of aryl methyl sites for hydroxylation is 2. The van der Waals surface area contributed by atoms with E-state index in [1.54, 1.807) is 47.2 Å². The van der Waals surface area contributed by atoms with Crippen LogP contribution in [0.25, 0.3) is 11.0 Å². The molecule has 0 aliphatic heterocycles. The molecule has 0 bridgehead atoms. The first kappa shape index (κ1) is 16.2. The summed E-state index contributed by atoms with van der Waals surface area (Å²) < 4.78 is 1.81. The second-order valence-electron chi connectivity index (χ2n) is 5.44. The molecule has 0 unspecified atom stereocenters. The van der Waals surface area contributed by atoms with Crippen LogP contribution in [0.4, 0.5) is 5.69 Å². The Morgan fingerprint density at radius 1 is 1.21 bits per heavy atom. The Balaban J connectivity index is 2.07. The molecule has 24 heavy (non-hydrogen) atoms. The van der Waals surface area contributed by atoms with Crippen LogP contribution in [0.5, 0.6) is 0 Å². The van der Waals surface area contributed by atoms with E-state index in [4.69, 9.17) is 11.6 Å². The fourth-order valence-corrected chi connectivity index (χ4v) is 2.62. The Labute approximate surface area is 143 Å². The van der Waals surface area contributed by atoms with Crippen molar-refractivity contribution in [1.82, 2.24) is 9.55 Å². The lowest BCUT2D eigenvalue weighted by Gasteiger charge is -2.11. The number of anilines is 1. The highest BCUT2D eigenvalue weighted by Crippen LogP contribution is 2.15. The number of nitrogens with zero attached hydrogens (tertiary/aromatic N) is 2. The van der Waals surface area contributed by atoms with Gasteiger partial charge in [-0.3, -0.25) is 9.59 Å². The van der Waals surface area contributed by atoms with Gasteiger partial charge in [0.15, 0.2) is 0 Å². The molecule has 0 saturated heterocycles. The minimum atomic E-state index is -0.452. The number of hydrogen-bond donors (Lipinski definition) is 1. The fraction of sp³-hybridized carbons (Fsp3) is 0.167. The number of nitrogens with one attached hydrogen (secondary N) is 1. The monoisotopic (exact) mass is 341 g/mol. The summed E-state index contributed by atoms with van der Waals surface area (Å²) in [4.78, 5) is 29.6. The molecule has 1 amide bonds. The highest BCUT2D eigenvalue weighted by Gasteiger charge is 2.16. The van der Waals surface area contributed by atoms with Crippen molar-refractivity contribution in [3.63, 3.8) is 0 Å². The molecular formula is C18H16ClN3O2. The van der Waals surface area contributed by atoms with Crippen molar-refractivity contribution in [3.8, 4) is 0 Å². The van der Waals surface area contributed by atoms with Gasteiger partial charge >= 0.3 is 0 Å². The smallest absolute Gasteiger partial charge is 0.261 e. The molecule has 0 aliphatic rings. The maximum atomic E-state index is 12.7. The number of pyridine rings is 2. The van der Waals surface area contributed by atoms with Crippen LogP contribution in [0.3, 0.4) is 0 Å². The molecule has 1 N–H and O–H groups in total. The Bertz CT molecular complexity index is 978. The Kier molecular flexibility index (Phi) is 4.36. The number of fused-ring (bicyclic) bond motifs is 1. The van der Waals surface area contributed by atoms with Gasteiger partial charge in [0.2, 0.25) is 5.43 Å². The van der Waals surface area contributed by atoms with Crippen LogP contribution in [0, 0.1) is 6.92 Å². The predicted molar refractivity (Wildman–Crippen MR) is 95.8 cm³/mol. The maximum absolute atomic E-state index is 12.7. The molecule has 3 aromatic rings. The van der Waals surface area contributed by atoms with E-state index in [2.05, 4.69) is 10.3 Å². The average molecular weight is 342 g/mol. The molecule has 0 fully saturated rings. The van der Waals surface area contributed by atoms with Gasteiger partial charge in [-0.2, -0.15) is 0 Å². The van der Waals surface area contributed by atoms with E-state index < -0.39 is 5.91 Å². The number of rotatable bonds is 3. The lowest BCUT2D eigenvalue weighted by molar-refractivity contribution is 0.102. The number of carbonyl (C=O) groups is 1. The lowest BCUT2D eigenvalue weighted by atomic mass is 10.1. The van der Waals surface area contributed by atoms with E-state index in [9.17, 15) is 9.59 Å². The molecule has 0 aliphatic carbocycles. The van der Waals surface area contributed by atoms with E-state index >= 15 is 0 Å². The molecule has 6 heteroatoms. The summed E-state index contributed by atoms with van der Waals surface area (Å²) in [5.41, 5.74) is 1.75. The second-order valence-corrected chi connectivity index (χ2v) is 5.88. The van der Waals surface area contributed by atoms with Gasteiger partial charge < -0.3 is 9.88 Å². The molecule has 5 nitrogen and oxygen atoms in total. The van der Waals surface area contributed by atoms with Crippen LogP contribution in [-0.2, 0) is 6.54 Å². The van der Waals surface area contributed by atoms with Crippen LogP contribution < -0.4 is 10.7 Å². The van der Waals surface area contributed by atoms with Gasteiger partial charge in [0.05, 0.1) is 5.39 Å². The number of benzene rings is 1. The molecule has 122 valence electrons. The van der Waals surface area contributed by atoms with Gasteiger partial charge in [-0.25, -0.2) is 4.98 Å². The summed E-state index contributed by atoms with van der Waals surface area (Å²) in [5.74, 6) is -0.452. The van der Waals surface area contributed by atoms with E-state index in [1.807, 2.05) is 13.8 Å². The third-order valence-electron chi connectivity index (χ3n) is 3.75. The zero-order valence-electron chi connectivity index (χ0n) is 13.3. The quantitative estimate of drug-likeness (QED) is 0.791. The van der Waals surface area contributed by atoms with E-state index in [0.29, 0.717) is 28.3 Å². The fourth-order valence-electron chi connectivity index (χ4n) is 2.49. The Morgan fingerprint density at radius 3 is 2.58 bits per heavy atom. The topological polar surface area (TPSA) is 64.0 Å². The number of amides is 1. The summed E-state index contributed by atoms with van der Waals surface area (Å²) in [5, 5.41) is 3.74. The summed E-state index contributed by atoms with van der Waals surface area (Å²) in [6.45, 7) is 4.41. The summed E-state index contributed by atoms with van der Waals surface area (Å²) >= 11 is 5.84. The van der Waals surface area contributed by atoms with Crippen molar-refractivity contribution in [2.24, 2.45) is 0 Å². The highest BCUT2D eigenvalue weighted by atomic mass is 35.5. The van der Waals surface area contributed by atoms with Crippen LogP contribution in [0.1, 0.15) is 23.0 Å². The standard InChI is InChI=1S/C18H16ClN3O2/c1-3-22-10-15(16(23)14-9-4-11(2)20-17(14)22)18(24)21-13-7-5-12(19)6-8-13/h4-10H,3H2,1-2H3,(H,21,24). The highest BCUT2D eigenvalue weighted by molar-refractivity contribution is 6.30. The normalized spacial score (nSPS) is 10.8. The number of halogens is 1. The molecular weight excluding hydrogens is 326 g/mol. The molecule has 0 saturated carbocycles. The molecule has 1 aromatic carbocycles. The van der Waals surface area contributed by atoms with Gasteiger partial charge in [0, 0.05) is 29.1 Å². The Hall–Kier alpha value is -2.66. The molecule has 0 radical (unpaired) electrons. The summed E-state index contributed by atoms with van der Waals surface area (Å²) in [7, 11) is 0. The van der Waals surface area contributed by atoms with Crippen molar-refractivity contribution < 1.29 is 4.79 Å². The van der Waals surface area contributed by atoms with E-state index in [0.717, 1.165) is 5.69 Å². The molecule has 0 atom stereocenters. The first-order valence-electron chi connectivity index (χ1n) is 7.57. The van der Waals surface area contributed by atoms with Crippen molar-refractivity contribution in [2.45, 2.75) is 20.4 Å². The summed E-state index contributed by atoms with van der Waals surface area (Å²) in [6.07, 6.45) is 1.56. The van der Waals surface area contributed by atoms with Gasteiger partial charge in [-0.05, 0) is 50.2 Å². The first-order valence-corrected chi connectivity index (χ1v) is 7.95. The Morgan fingerprint density at radius 2 is 1.92 bits per heavy atom. The van der Waals surface area contributed by atoms with E-state index in [-0.39, 0.29) is 11.0 Å². The zero-order valence-corrected chi connectivity index (χ0v) is 14.1. The molecule has 0 spiro atoms. The third kappa shape index (κ3) is 3.03. The van der Waals surface area contributed by atoms with Gasteiger partial charge in [-0.1, -0.05) is 11.6 Å². The maximum Gasteiger partial charge on any atom is 0.261 e. The van der Waals surface area contributed by atoms with Gasteiger partial charge in [-0.15, -0.1) is 0 Å². The number of aromatic nitrogens is 2. The number of carbonyl (C=O) groups excluding carboxylic acids is 1. The minimum Gasteiger partial charge on any atom is -0.332 e. The molecule has 2 heterocycles. The van der Waals surface area contributed by atoms with Crippen LogP contribution in [-0.4, -0.2) is 15.5 Å². The first-order chi connectivity index (χ1) is 11.5. The predicted octanol–water partition coefficient (Wildman–Crippen LogP) is 3.63. The third-order valence-corrected chi connectivity index (χ3v) is 4.00. The minimum absolute atomic E-state index is 0.0879. The zero-order chi connectivity index (χ0) is 17.3. The van der Waals surface area contributed by atoms with Crippen LogP contribution in [0.15, 0.2) is 47.4 Å². The summed E-state index contributed by atoms with van der Waals surface area (Å²) in [6, 6.07) is 10.2. The van der Waals surface area contributed by atoms with Crippen molar-refractivity contribution in [1.29, 1.82) is 0 Å². The van der Waals surface area contributed by atoms with Crippen molar-refractivity contribution in [2.75, 3.05) is 5.32 Å². The van der Waals surface area contributed by atoms with Crippen molar-refractivity contribution in [3.05, 3.63) is 69.1 Å². The number of hydrogen-bond acceptors (Lipinski definition) is 3. The van der Waals surface area contributed by atoms with Crippen LogP contribution in [0.2, 0.25) is 5.02 Å². The largest absolute Gasteiger partial charge is 0.332 e. The van der Waals surface area contributed by atoms with Crippen LogP contribution >= 0.6 is 11.6 Å². The molecule has 2 aromatic heterocycles. The SMILES string of the molecule is CCn1cc(C(=O)Nc2ccc(Cl)cc2)c(=O)c2ccc(C)nc21. The van der Waals surface area contributed by atoms with Crippen molar-refractivity contribution >= 4 is 34.2 Å². The average Bonchev–Trinajstić information content (AvgIpc) is 2.57. The second kappa shape index (κ2) is 6.45. The molecule has 3 rings (SSSR count). The lowest BCUT2D eigenvalue weighted by Crippen LogP contribution is -2.24. The van der Waals surface area contributed by atoms with Gasteiger partial charge in [0.1, 0.15) is 11.2 Å². The van der Waals surface area contributed by atoms with Gasteiger partial charge in [0.25, 0.3) is 5.91 Å².